The Hall–Kier alpha value is -1.87. The van der Waals surface area contributed by atoms with Gasteiger partial charge in [-0.3, -0.25) is 4.90 Å². The van der Waals surface area contributed by atoms with Crippen molar-refractivity contribution in [3.05, 3.63) is 58.7 Å². The maximum absolute atomic E-state index is 13.5. The third-order valence-corrected chi connectivity index (χ3v) is 8.11. The van der Waals surface area contributed by atoms with Gasteiger partial charge in [-0.1, -0.05) is 19.6 Å². The van der Waals surface area contributed by atoms with Crippen LogP contribution in [-0.4, -0.2) is 62.5 Å². The summed E-state index contributed by atoms with van der Waals surface area (Å²) in [5.41, 5.74) is 1.64. The average Bonchev–Trinajstić information content (AvgIpc) is 3.08. The number of fused-ring (bicyclic) bond motifs is 1. The van der Waals surface area contributed by atoms with Crippen molar-refractivity contribution in [3.63, 3.8) is 0 Å². The first-order chi connectivity index (χ1) is 13.9. The number of piperazine rings is 1. The number of methoxy groups -OCH3 is 1. The number of rotatable bonds is 5. The fourth-order valence-electron chi connectivity index (χ4n) is 3.70. The molecule has 1 aliphatic rings. The van der Waals surface area contributed by atoms with Crippen LogP contribution in [0.25, 0.3) is 10.9 Å². The molecule has 8 heteroatoms. The number of benzene rings is 2. The van der Waals surface area contributed by atoms with E-state index in [1.165, 1.54) is 3.97 Å². The molecule has 0 aliphatic carbocycles. The van der Waals surface area contributed by atoms with Gasteiger partial charge in [0.1, 0.15) is 10.6 Å². The zero-order chi connectivity index (χ0) is 20.6. The monoisotopic (exact) mass is 493 g/mol. The number of hydrogen-bond acceptors (Lipinski definition) is 5. The van der Waals surface area contributed by atoms with Crippen LogP contribution in [0.5, 0.6) is 5.75 Å². The highest BCUT2D eigenvalue weighted by molar-refractivity contribution is 9.10. The van der Waals surface area contributed by atoms with Crippen LogP contribution in [0.3, 0.4) is 0 Å². The van der Waals surface area contributed by atoms with Gasteiger partial charge in [-0.15, -0.1) is 0 Å². The maximum Gasteiger partial charge on any atom is 0.269 e. The first kappa shape index (κ1) is 22.8. The summed E-state index contributed by atoms with van der Waals surface area (Å²) in [6, 6.07) is 12.4. The Morgan fingerprint density at radius 3 is 2.43 bits per heavy atom. The SMILES string of the molecule is C.COc1ccc2c(c1)c(CN1CCN(C)CC1)cn2S(=O)(=O)c1ccccc1Br. The lowest BCUT2D eigenvalue weighted by Crippen LogP contribution is -2.43. The molecule has 0 spiro atoms. The van der Waals surface area contributed by atoms with Gasteiger partial charge < -0.3 is 9.64 Å². The van der Waals surface area contributed by atoms with E-state index in [9.17, 15) is 8.42 Å². The minimum atomic E-state index is -3.74. The van der Waals surface area contributed by atoms with E-state index in [-0.39, 0.29) is 12.3 Å². The molecule has 1 aliphatic heterocycles. The minimum Gasteiger partial charge on any atom is -0.497 e. The fourth-order valence-corrected chi connectivity index (χ4v) is 6.06. The van der Waals surface area contributed by atoms with E-state index in [0.29, 0.717) is 22.3 Å². The van der Waals surface area contributed by atoms with Crippen molar-refractivity contribution in [1.29, 1.82) is 0 Å². The van der Waals surface area contributed by atoms with E-state index >= 15 is 0 Å². The van der Waals surface area contributed by atoms with Crippen molar-refractivity contribution in [1.82, 2.24) is 13.8 Å². The van der Waals surface area contributed by atoms with Gasteiger partial charge in [-0.05, 0) is 58.9 Å². The standard InChI is InChI=1S/C21H24BrN3O3S.CH4/c1-23-9-11-24(12-10-23)14-16-15-25(20-8-7-17(28-2)13-18(16)20)29(26,27)21-6-4-3-5-19(21)22;/h3-8,13,15H,9-12,14H2,1-2H3;1H4. The van der Waals surface area contributed by atoms with Gasteiger partial charge >= 0.3 is 0 Å². The number of nitrogens with zero attached hydrogens (tertiary/aromatic N) is 3. The van der Waals surface area contributed by atoms with Gasteiger partial charge in [0.2, 0.25) is 0 Å². The molecule has 0 N–H and O–H groups in total. The number of ether oxygens (including phenoxy) is 1. The fraction of sp³-hybridized carbons (Fsp3) is 0.364. The Morgan fingerprint density at radius 2 is 1.77 bits per heavy atom. The first-order valence-electron chi connectivity index (χ1n) is 9.49. The molecule has 6 nitrogen and oxygen atoms in total. The van der Waals surface area contributed by atoms with E-state index in [4.69, 9.17) is 4.74 Å². The lowest BCUT2D eigenvalue weighted by atomic mass is 10.1. The third kappa shape index (κ3) is 4.27. The van der Waals surface area contributed by atoms with E-state index in [1.807, 2.05) is 12.1 Å². The molecule has 1 saturated heterocycles. The van der Waals surface area contributed by atoms with E-state index in [1.54, 1.807) is 43.6 Å². The summed E-state index contributed by atoms with van der Waals surface area (Å²) in [5.74, 6) is 0.716. The second-order valence-electron chi connectivity index (χ2n) is 7.35. The summed E-state index contributed by atoms with van der Waals surface area (Å²) in [5, 5.41) is 0.902. The molecule has 1 fully saturated rings. The van der Waals surface area contributed by atoms with Crippen molar-refractivity contribution < 1.29 is 13.2 Å². The molecule has 0 saturated carbocycles. The number of hydrogen-bond donors (Lipinski definition) is 0. The Morgan fingerprint density at radius 1 is 1.07 bits per heavy atom. The molecule has 3 aromatic rings. The van der Waals surface area contributed by atoms with Crippen molar-refractivity contribution in [2.45, 2.75) is 18.9 Å². The second-order valence-corrected chi connectivity index (χ2v) is 9.99. The Labute approximate surface area is 187 Å². The zero-order valence-corrected chi connectivity index (χ0v) is 18.9. The van der Waals surface area contributed by atoms with Crippen LogP contribution >= 0.6 is 15.9 Å². The third-order valence-electron chi connectivity index (χ3n) is 5.42. The van der Waals surface area contributed by atoms with Gasteiger partial charge in [0.05, 0.1) is 12.6 Å². The van der Waals surface area contributed by atoms with Gasteiger partial charge in [0.15, 0.2) is 0 Å². The van der Waals surface area contributed by atoms with Crippen LogP contribution < -0.4 is 4.74 Å². The number of likely N-dealkylation sites (N-methyl/N-ethyl adjacent to an activating group) is 1. The summed E-state index contributed by atoms with van der Waals surface area (Å²) >= 11 is 3.38. The molecule has 30 heavy (non-hydrogen) atoms. The predicted octanol–water partition coefficient (Wildman–Crippen LogP) is 4.03. The van der Waals surface area contributed by atoms with Gasteiger partial charge in [-0.25, -0.2) is 12.4 Å². The topological polar surface area (TPSA) is 54.8 Å². The molecule has 0 atom stereocenters. The molecular formula is C22H28BrN3O3S. The summed E-state index contributed by atoms with van der Waals surface area (Å²) < 4.78 is 34.2. The van der Waals surface area contributed by atoms with Crippen LogP contribution in [0.1, 0.15) is 13.0 Å². The Balaban J connectivity index is 0.00000256. The molecule has 2 heterocycles. The Kier molecular flexibility index (Phi) is 6.91. The molecule has 0 unspecified atom stereocenters. The molecule has 4 rings (SSSR count). The summed E-state index contributed by atoms with van der Waals surface area (Å²) in [6.07, 6.45) is 1.76. The molecule has 0 bridgehead atoms. The van der Waals surface area contributed by atoms with Crippen molar-refractivity contribution >= 4 is 36.9 Å². The average molecular weight is 494 g/mol. The molecule has 2 aromatic carbocycles. The van der Waals surface area contributed by atoms with Crippen molar-refractivity contribution in [2.75, 3.05) is 40.3 Å². The summed E-state index contributed by atoms with van der Waals surface area (Å²) in [7, 11) is 0.00219. The largest absolute Gasteiger partial charge is 0.497 e. The van der Waals surface area contributed by atoms with Crippen LogP contribution in [0, 0.1) is 0 Å². The highest BCUT2D eigenvalue weighted by Gasteiger charge is 2.25. The van der Waals surface area contributed by atoms with Gasteiger partial charge in [0, 0.05) is 48.8 Å². The van der Waals surface area contributed by atoms with Crippen LogP contribution in [0.15, 0.2) is 58.0 Å². The smallest absolute Gasteiger partial charge is 0.269 e. The van der Waals surface area contributed by atoms with E-state index in [2.05, 4.69) is 32.8 Å². The Bertz CT molecular complexity index is 1140. The second kappa shape index (κ2) is 9.09. The molecule has 162 valence electrons. The summed E-state index contributed by atoms with van der Waals surface area (Å²) in [4.78, 5) is 4.92. The van der Waals surface area contributed by atoms with E-state index in [0.717, 1.165) is 37.1 Å². The van der Waals surface area contributed by atoms with E-state index < -0.39 is 10.0 Å². The van der Waals surface area contributed by atoms with Gasteiger partial charge in [-0.2, -0.15) is 0 Å². The highest BCUT2D eigenvalue weighted by Crippen LogP contribution is 2.32. The molecule has 1 aromatic heterocycles. The van der Waals surface area contributed by atoms with Crippen LogP contribution in [0.4, 0.5) is 0 Å². The number of aromatic nitrogens is 1. The first-order valence-corrected chi connectivity index (χ1v) is 11.7. The normalized spacial score (nSPS) is 15.8. The molecule has 0 radical (unpaired) electrons. The maximum atomic E-state index is 13.5. The van der Waals surface area contributed by atoms with Crippen molar-refractivity contribution in [3.8, 4) is 5.75 Å². The quantitative estimate of drug-likeness (QED) is 0.536. The van der Waals surface area contributed by atoms with Crippen LogP contribution in [-0.2, 0) is 16.6 Å². The lowest BCUT2D eigenvalue weighted by molar-refractivity contribution is 0.148. The predicted molar refractivity (Wildman–Crippen MR) is 125 cm³/mol. The minimum absolute atomic E-state index is 0. The summed E-state index contributed by atoms with van der Waals surface area (Å²) in [6.45, 7) is 4.65. The lowest BCUT2D eigenvalue weighted by Gasteiger charge is -2.32. The van der Waals surface area contributed by atoms with Crippen molar-refractivity contribution in [2.24, 2.45) is 0 Å². The zero-order valence-electron chi connectivity index (χ0n) is 16.5. The molecular weight excluding hydrogens is 466 g/mol. The number of halogens is 1. The van der Waals surface area contributed by atoms with Crippen LogP contribution in [0.2, 0.25) is 0 Å². The molecule has 0 amide bonds. The van der Waals surface area contributed by atoms with Gasteiger partial charge in [0.25, 0.3) is 10.0 Å². The highest BCUT2D eigenvalue weighted by atomic mass is 79.9.